The van der Waals surface area contributed by atoms with Gasteiger partial charge in [-0.3, -0.25) is 4.79 Å². The summed E-state index contributed by atoms with van der Waals surface area (Å²) >= 11 is 0. The van der Waals surface area contributed by atoms with Crippen LogP contribution in [0, 0.1) is 5.41 Å². The second-order valence-electron chi connectivity index (χ2n) is 10.9. The number of aliphatic carboxylic acids is 2. The minimum absolute atomic E-state index is 0.834. The van der Waals surface area contributed by atoms with Gasteiger partial charge in [0.1, 0.15) is 0 Å². The number of hydrogen-bond donors (Lipinski definition) is 2. The van der Waals surface area contributed by atoms with Crippen molar-refractivity contribution in [2.75, 3.05) is 0 Å². The predicted octanol–water partition coefficient (Wildman–Crippen LogP) is 10.7. The molecular formula is C21H4F34O4. The molecular weight excluding hydrogens is 962 g/mol. The minimum Gasteiger partial charge on any atom is -0.480 e. The van der Waals surface area contributed by atoms with Crippen LogP contribution in [-0.2, 0) is 9.59 Å². The lowest BCUT2D eigenvalue weighted by atomic mass is 9.63. The molecule has 0 spiro atoms. The van der Waals surface area contributed by atoms with E-state index >= 15 is 17.6 Å². The summed E-state index contributed by atoms with van der Waals surface area (Å²) in [4.78, 5) is 22.6. The molecule has 0 saturated carbocycles. The SMILES string of the molecule is C=C(C(=O)O)C(C(=O)O)(C(F)(F)C(F)(F)C(F)(F)C(F)(F)C(F)(F)C(F)(F)C(F)(F)C(F)(F)F)C(F)(F)C(F)(F)C(F)(F)C(F)(F)C(F)(F)C(F)(F)C(F)(F)C(F)(F)F. The van der Waals surface area contributed by atoms with Crippen LogP contribution < -0.4 is 0 Å². The van der Waals surface area contributed by atoms with Gasteiger partial charge in [0.25, 0.3) is 0 Å². The standard InChI is InChI=1S/C21H4F34O4/c1-2(3(56)57)5(4(58)59,6(22,23)8(26,27)10(30,31)12(34,35)14(38,39)16(42,43)18(46,47)20(50,51)52)7(24,25)9(28,29)11(32,33)13(36,37)15(40,41)17(44,45)19(48,49)21(53,54)55/h1H2,(H,56,57)(H,58,59). The highest BCUT2D eigenvalue weighted by molar-refractivity contribution is 5.98. The van der Waals surface area contributed by atoms with Gasteiger partial charge in [-0.1, -0.05) is 6.58 Å². The van der Waals surface area contributed by atoms with Crippen molar-refractivity contribution in [3.8, 4) is 0 Å². The van der Waals surface area contributed by atoms with Crippen LogP contribution in [-0.4, -0.2) is 117 Å². The maximum atomic E-state index is 15.2. The van der Waals surface area contributed by atoms with Crippen LogP contribution in [0.4, 0.5) is 149 Å². The number of carboxylic acids is 2. The van der Waals surface area contributed by atoms with Crippen molar-refractivity contribution in [1.29, 1.82) is 0 Å². The van der Waals surface area contributed by atoms with Gasteiger partial charge < -0.3 is 10.2 Å². The molecule has 4 nitrogen and oxygen atoms in total. The first-order chi connectivity index (χ1) is 24.8. The quantitative estimate of drug-likeness (QED) is 0.113. The molecule has 0 aromatic carbocycles. The molecule has 0 atom stereocenters. The Balaban J connectivity index is 8.81. The summed E-state index contributed by atoms with van der Waals surface area (Å²) in [5.41, 5.74) is -14.3. The van der Waals surface area contributed by atoms with Gasteiger partial charge >= 0.3 is 107 Å². The fraction of sp³-hybridized carbons (Fsp3) is 0.810. The molecule has 0 heterocycles. The van der Waals surface area contributed by atoms with Crippen molar-refractivity contribution in [2.45, 2.75) is 95.3 Å². The molecule has 350 valence electrons. The highest BCUT2D eigenvalue weighted by Crippen LogP contribution is 2.72. The third-order valence-corrected chi connectivity index (χ3v) is 7.42. The summed E-state index contributed by atoms with van der Waals surface area (Å²) in [6.07, 6.45) is -17.0. The summed E-state index contributed by atoms with van der Waals surface area (Å²) < 4.78 is 467. The van der Waals surface area contributed by atoms with E-state index < -0.39 is 118 Å². The van der Waals surface area contributed by atoms with E-state index in [0.717, 1.165) is 6.58 Å². The van der Waals surface area contributed by atoms with E-state index in [-0.39, 0.29) is 0 Å². The van der Waals surface area contributed by atoms with Gasteiger partial charge in [-0.2, -0.15) is 149 Å². The molecule has 0 aliphatic carbocycles. The molecule has 2 N–H and O–H groups in total. The van der Waals surface area contributed by atoms with Crippen LogP contribution in [0.5, 0.6) is 0 Å². The van der Waals surface area contributed by atoms with Crippen LogP contribution in [0.15, 0.2) is 12.2 Å². The zero-order valence-electron chi connectivity index (χ0n) is 25.3. The molecule has 0 rings (SSSR count). The second kappa shape index (κ2) is 13.4. The Morgan fingerprint density at radius 3 is 0.525 bits per heavy atom. The van der Waals surface area contributed by atoms with Gasteiger partial charge in [0.2, 0.25) is 5.41 Å². The van der Waals surface area contributed by atoms with E-state index in [2.05, 4.69) is 0 Å². The first-order valence-corrected chi connectivity index (χ1v) is 12.4. The summed E-state index contributed by atoms with van der Waals surface area (Å²) in [6, 6.07) is 0. The molecule has 0 saturated heterocycles. The van der Waals surface area contributed by atoms with Crippen LogP contribution in [0.2, 0.25) is 0 Å². The van der Waals surface area contributed by atoms with E-state index in [4.69, 9.17) is 10.2 Å². The second-order valence-corrected chi connectivity index (χ2v) is 10.9. The van der Waals surface area contributed by atoms with Crippen molar-refractivity contribution >= 4 is 11.9 Å². The summed E-state index contributed by atoms with van der Waals surface area (Å²) in [5.74, 6) is -149. The lowest BCUT2D eigenvalue weighted by molar-refractivity contribution is -0.479. The molecule has 0 aliphatic rings. The molecule has 0 aromatic heterocycles. The number of carboxylic acid groups (broad SMARTS) is 2. The highest BCUT2D eigenvalue weighted by Gasteiger charge is 3.02. The third kappa shape index (κ3) is 6.08. The maximum absolute atomic E-state index is 15.2. The summed E-state index contributed by atoms with van der Waals surface area (Å²) in [5, 5.41) is 17.3. The van der Waals surface area contributed by atoms with Crippen LogP contribution in [0.3, 0.4) is 0 Å². The Hall–Kier alpha value is -3.70. The van der Waals surface area contributed by atoms with Crippen LogP contribution in [0.25, 0.3) is 0 Å². The van der Waals surface area contributed by atoms with E-state index in [0.29, 0.717) is 0 Å². The molecule has 0 radical (unpaired) electrons. The Bertz CT molecular complexity index is 1540. The lowest BCUT2D eigenvalue weighted by Crippen LogP contribution is -2.81. The lowest BCUT2D eigenvalue weighted by Gasteiger charge is -2.50. The van der Waals surface area contributed by atoms with Crippen molar-refractivity contribution < 1.29 is 169 Å². The maximum Gasteiger partial charge on any atom is 0.460 e. The number of halogens is 34. The Labute approximate surface area is 295 Å². The molecule has 0 unspecified atom stereocenters. The first kappa shape index (κ1) is 55.3. The number of carbonyl (C=O) groups is 2. The monoisotopic (exact) mass is 966 g/mol. The number of hydrogen-bond acceptors (Lipinski definition) is 2. The summed E-state index contributed by atoms with van der Waals surface area (Å²) in [7, 11) is 0. The molecule has 0 aliphatic heterocycles. The first-order valence-electron chi connectivity index (χ1n) is 12.4. The van der Waals surface area contributed by atoms with Crippen LogP contribution in [0.1, 0.15) is 0 Å². The zero-order chi connectivity index (χ0) is 49.2. The van der Waals surface area contributed by atoms with Gasteiger partial charge in [-0.15, -0.1) is 0 Å². The van der Waals surface area contributed by atoms with E-state index in [1.54, 1.807) is 0 Å². The Morgan fingerprint density at radius 2 is 0.407 bits per heavy atom. The summed E-state index contributed by atoms with van der Waals surface area (Å²) in [6.45, 7) is 0.834. The van der Waals surface area contributed by atoms with E-state index in [1.807, 2.05) is 0 Å². The Morgan fingerprint density at radius 1 is 0.271 bits per heavy atom. The van der Waals surface area contributed by atoms with E-state index in [1.165, 1.54) is 0 Å². The van der Waals surface area contributed by atoms with Crippen molar-refractivity contribution in [1.82, 2.24) is 0 Å². The van der Waals surface area contributed by atoms with Gasteiger partial charge in [-0.05, 0) is 0 Å². The molecule has 38 heteroatoms. The molecule has 59 heavy (non-hydrogen) atoms. The normalized spacial score (nSPS) is 16.6. The average molecular weight is 966 g/mol. The van der Waals surface area contributed by atoms with Gasteiger partial charge in [0, 0.05) is 0 Å². The third-order valence-electron chi connectivity index (χ3n) is 7.42. The predicted molar refractivity (Wildman–Crippen MR) is 108 cm³/mol. The zero-order valence-corrected chi connectivity index (χ0v) is 25.3. The van der Waals surface area contributed by atoms with E-state index in [9.17, 15) is 141 Å². The fourth-order valence-corrected chi connectivity index (χ4v) is 3.93. The van der Waals surface area contributed by atoms with Gasteiger partial charge in [0.15, 0.2) is 0 Å². The van der Waals surface area contributed by atoms with Crippen molar-refractivity contribution in [3.05, 3.63) is 12.2 Å². The topological polar surface area (TPSA) is 74.6 Å². The molecule has 0 bridgehead atoms. The van der Waals surface area contributed by atoms with Gasteiger partial charge in [0.05, 0.1) is 5.57 Å². The molecule has 0 amide bonds. The Kier molecular flexibility index (Phi) is 12.6. The number of alkyl halides is 34. The van der Waals surface area contributed by atoms with Crippen molar-refractivity contribution in [3.63, 3.8) is 0 Å². The van der Waals surface area contributed by atoms with Crippen molar-refractivity contribution in [2.24, 2.45) is 5.41 Å². The minimum atomic E-state index is -10.3. The van der Waals surface area contributed by atoms with Crippen LogP contribution >= 0.6 is 0 Å². The highest BCUT2D eigenvalue weighted by atomic mass is 19.4. The van der Waals surface area contributed by atoms with Gasteiger partial charge in [-0.25, -0.2) is 4.79 Å². The largest absolute Gasteiger partial charge is 0.480 e. The number of rotatable bonds is 17. The molecule has 0 fully saturated rings. The average Bonchev–Trinajstić information content (AvgIpc) is 2.98. The smallest absolute Gasteiger partial charge is 0.460 e. The fourth-order valence-electron chi connectivity index (χ4n) is 3.93. The molecule has 0 aromatic rings.